The maximum Gasteiger partial charge on any atom is 0.416 e. The van der Waals surface area contributed by atoms with Gasteiger partial charge in [0.25, 0.3) is 0 Å². The van der Waals surface area contributed by atoms with E-state index >= 15 is 0 Å². The normalized spacial score (nSPS) is 11.6. The Balaban J connectivity index is 1.76. The van der Waals surface area contributed by atoms with Crippen LogP contribution in [0.25, 0.3) is 5.69 Å². The van der Waals surface area contributed by atoms with Crippen molar-refractivity contribution < 1.29 is 13.2 Å². The number of aromatic nitrogens is 7. The van der Waals surface area contributed by atoms with Gasteiger partial charge in [0, 0.05) is 6.54 Å². The SMILES string of the molecule is C=CCn1cnnc1SCc1nnnn1-c1ccc(C(F)(F)F)cc1. The van der Waals surface area contributed by atoms with E-state index in [-0.39, 0.29) is 0 Å². The molecule has 25 heavy (non-hydrogen) atoms. The lowest BCUT2D eigenvalue weighted by Crippen LogP contribution is -2.07. The van der Waals surface area contributed by atoms with Crippen molar-refractivity contribution in [3.63, 3.8) is 0 Å². The molecule has 3 rings (SSSR count). The van der Waals surface area contributed by atoms with E-state index in [2.05, 4.69) is 32.3 Å². The summed E-state index contributed by atoms with van der Waals surface area (Å²) in [6.07, 6.45) is -1.07. The van der Waals surface area contributed by atoms with Crippen molar-refractivity contribution in [2.75, 3.05) is 0 Å². The van der Waals surface area contributed by atoms with Gasteiger partial charge in [0.1, 0.15) is 6.33 Å². The molecule has 0 unspecified atom stereocenters. The maximum absolute atomic E-state index is 12.6. The second kappa shape index (κ2) is 7.05. The predicted octanol–water partition coefficient (Wildman–Crippen LogP) is 2.75. The molecule has 0 aliphatic heterocycles. The van der Waals surface area contributed by atoms with E-state index in [9.17, 15) is 13.2 Å². The number of benzene rings is 1. The van der Waals surface area contributed by atoms with Crippen LogP contribution in [-0.2, 0) is 18.5 Å². The van der Waals surface area contributed by atoms with E-state index < -0.39 is 11.7 Å². The number of tetrazole rings is 1. The Morgan fingerprint density at radius 3 is 2.60 bits per heavy atom. The van der Waals surface area contributed by atoms with Crippen LogP contribution in [0.3, 0.4) is 0 Å². The van der Waals surface area contributed by atoms with Crippen LogP contribution >= 0.6 is 11.8 Å². The molecular weight excluding hydrogens is 355 g/mol. The molecule has 0 spiro atoms. The van der Waals surface area contributed by atoms with Crippen molar-refractivity contribution in [3.05, 3.63) is 54.6 Å². The van der Waals surface area contributed by atoms with Gasteiger partial charge in [-0.2, -0.15) is 17.9 Å². The molecule has 2 heterocycles. The fourth-order valence-electron chi connectivity index (χ4n) is 2.04. The molecule has 3 aromatic rings. The van der Waals surface area contributed by atoms with Gasteiger partial charge in [0.2, 0.25) is 0 Å². The van der Waals surface area contributed by atoms with Crippen LogP contribution in [-0.4, -0.2) is 35.0 Å². The Kier molecular flexibility index (Phi) is 4.83. The van der Waals surface area contributed by atoms with Crippen molar-refractivity contribution in [1.82, 2.24) is 35.0 Å². The van der Waals surface area contributed by atoms with E-state index in [0.717, 1.165) is 12.1 Å². The van der Waals surface area contributed by atoms with E-state index in [1.807, 2.05) is 4.57 Å². The summed E-state index contributed by atoms with van der Waals surface area (Å²) in [4.78, 5) is 0. The number of hydrogen-bond donors (Lipinski definition) is 0. The number of allylic oxidation sites excluding steroid dienone is 1. The van der Waals surface area contributed by atoms with Gasteiger partial charge in [-0.1, -0.05) is 17.8 Å². The lowest BCUT2D eigenvalue weighted by Gasteiger charge is -2.08. The quantitative estimate of drug-likeness (QED) is 0.493. The molecule has 0 amide bonds. The summed E-state index contributed by atoms with van der Waals surface area (Å²) in [7, 11) is 0. The third kappa shape index (κ3) is 3.87. The molecule has 130 valence electrons. The first-order valence-electron chi connectivity index (χ1n) is 7.05. The summed E-state index contributed by atoms with van der Waals surface area (Å²) in [6, 6.07) is 4.64. The Bertz CT molecular complexity index is 854. The fraction of sp³-hybridized carbons (Fsp3) is 0.214. The van der Waals surface area contributed by atoms with Gasteiger partial charge in [0.05, 0.1) is 17.0 Å². The highest BCUT2D eigenvalue weighted by atomic mass is 32.2. The minimum atomic E-state index is -4.38. The highest BCUT2D eigenvalue weighted by Crippen LogP contribution is 2.29. The van der Waals surface area contributed by atoms with Crippen molar-refractivity contribution in [2.45, 2.75) is 23.6 Å². The fourth-order valence-corrected chi connectivity index (χ4v) is 2.87. The second-order valence-corrected chi connectivity index (χ2v) is 5.84. The zero-order chi connectivity index (χ0) is 17.9. The summed E-state index contributed by atoms with van der Waals surface area (Å²) >= 11 is 1.37. The van der Waals surface area contributed by atoms with Crippen molar-refractivity contribution in [1.29, 1.82) is 0 Å². The molecule has 0 saturated heterocycles. The standard InChI is InChI=1S/C14H12F3N7S/c1-2-7-23-9-18-20-13(23)25-8-12-19-21-22-24(12)11-5-3-10(4-6-11)14(15,16)17/h2-6,9H,1,7-8H2. The Hall–Kier alpha value is -2.69. The van der Waals surface area contributed by atoms with Crippen molar-refractivity contribution in [2.24, 2.45) is 0 Å². The van der Waals surface area contributed by atoms with Crippen LogP contribution in [0.2, 0.25) is 0 Å². The molecule has 7 nitrogen and oxygen atoms in total. The molecule has 0 bridgehead atoms. The van der Waals surface area contributed by atoms with Crippen LogP contribution in [0.1, 0.15) is 11.4 Å². The lowest BCUT2D eigenvalue weighted by atomic mass is 10.2. The largest absolute Gasteiger partial charge is 0.416 e. The summed E-state index contributed by atoms with van der Waals surface area (Å²) in [5.74, 6) is 0.863. The smallest absolute Gasteiger partial charge is 0.305 e. The van der Waals surface area contributed by atoms with E-state index in [1.54, 1.807) is 12.4 Å². The number of nitrogens with zero attached hydrogens (tertiary/aromatic N) is 7. The van der Waals surface area contributed by atoms with Crippen LogP contribution < -0.4 is 0 Å². The first-order valence-corrected chi connectivity index (χ1v) is 8.04. The minimum absolute atomic E-state index is 0.379. The van der Waals surface area contributed by atoms with Crippen LogP contribution in [0.5, 0.6) is 0 Å². The van der Waals surface area contributed by atoms with Crippen molar-refractivity contribution >= 4 is 11.8 Å². The molecule has 0 radical (unpaired) electrons. The summed E-state index contributed by atoms with van der Waals surface area (Å²) in [5, 5.41) is 19.9. The van der Waals surface area contributed by atoms with E-state index in [4.69, 9.17) is 0 Å². The molecule has 2 aromatic heterocycles. The molecule has 0 atom stereocenters. The third-order valence-electron chi connectivity index (χ3n) is 3.21. The third-order valence-corrected chi connectivity index (χ3v) is 4.19. The Morgan fingerprint density at radius 2 is 1.92 bits per heavy atom. The maximum atomic E-state index is 12.6. The Morgan fingerprint density at radius 1 is 1.16 bits per heavy atom. The zero-order valence-electron chi connectivity index (χ0n) is 12.8. The number of alkyl halides is 3. The van der Waals surface area contributed by atoms with Crippen molar-refractivity contribution in [3.8, 4) is 5.69 Å². The Labute approximate surface area is 144 Å². The summed E-state index contributed by atoms with van der Waals surface area (Å²) in [5.41, 5.74) is -0.279. The predicted molar refractivity (Wildman–Crippen MR) is 83.9 cm³/mol. The van der Waals surface area contributed by atoms with Gasteiger partial charge >= 0.3 is 6.18 Å². The molecule has 0 N–H and O–H groups in total. The van der Waals surface area contributed by atoms with Gasteiger partial charge in [-0.15, -0.1) is 21.9 Å². The second-order valence-electron chi connectivity index (χ2n) is 4.89. The van der Waals surface area contributed by atoms with Crippen LogP contribution in [0.4, 0.5) is 13.2 Å². The summed E-state index contributed by atoms with van der Waals surface area (Å²) in [6.45, 7) is 4.23. The van der Waals surface area contributed by atoms with Gasteiger partial charge < -0.3 is 4.57 Å². The molecular formula is C14H12F3N7S. The highest BCUT2D eigenvalue weighted by molar-refractivity contribution is 7.98. The van der Waals surface area contributed by atoms with Gasteiger partial charge in [-0.05, 0) is 34.7 Å². The monoisotopic (exact) mass is 367 g/mol. The number of hydrogen-bond acceptors (Lipinski definition) is 6. The topological polar surface area (TPSA) is 74.3 Å². The zero-order valence-corrected chi connectivity index (χ0v) is 13.6. The van der Waals surface area contributed by atoms with Gasteiger partial charge in [0.15, 0.2) is 11.0 Å². The molecule has 0 fully saturated rings. The molecule has 0 aliphatic carbocycles. The number of halogens is 3. The first-order chi connectivity index (χ1) is 12.0. The average Bonchev–Trinajstić information content (AvgIpc) is 3.21. The van der Waals surface area contributed by atoms with E-state index in [1.165, 1.54) is 28.6 Å². The van der Waals surface area contributed by atoms with Gasteiger partial charge in [-0.25, -0.2) is 0 Å². The molecule has 1 aromatic carbocycles. The minimum Gasteiger partial charge on any atom is -0.305 e. The van der Waals surface area contributed by atoms with Crippen LogP contribution in [0.15, 0.2) is 48.4 Å². The van der Waals surface area contributed by atoms with E-state index in [0.29, 0.717) is 29.0 Å². The molecule has 11 heteroatoms. The first kappa shape index (κ1) is 17.1. The van der Waals surface area contributed by atoms with Crippen LogP contribution in [0, 0.1) is 0 Å². The van der Waals surface area contributed by atoms with Gasteiger partial charge in [-0.3, -0.25) is 0 Å². The molecule has 0 aliphatic rings. The number of rotatable bonds is 6. The average molecular weight is 367 g/mol. The highest BCUT2D eigenvalue weighted by Gasteiger charge is 2.30. The lowest BCUT2D eigenvalue weighted by molar-refractivity contribution is -0.137. The number of thioether (sulfide) groups is 1. The molecule has 0 saturated carbocycles. The summed E-state index contributed by atoms with van der Waals surface area (Å²) < 4.78 is 41.1.